The smallest absolute Gasteiger partial charge is 0.243 e. The molecule has 1 fully saturated rings. The molecule has 2 aromatic rings. The van der Waals surface area contributed by atoms with Crippen LogP contribution in [0, 0.1) is 0 Å². The number of benzene rings is 1. The third-order valence-electron chi connectivity index (χ3n) is 4.59. The summed E-state index contributed by atoms with van der Waals surface area (Å²) in [4.78, 5) is 15.9. The number of nitrogens with one attached hydrogen (secondary N) is 1. The second-order valence-corrected chi connectivity index (χ2v) is 7.14. The number of carbonyl (C=O) groups excluding carboxylic acids is 1. The summed E-state index contributed by atoms with van der Waals surface area (Å²) in [6, 6.07) is 14.1. The Morgan fingerprint density at radius 2 is 1.91 bits per heavy atom. The molecule has 23 heavy (non-hydrogen) atoms. The standard InChI is InChI=1S/C18H23N3OS/c19-17(22)18(20-15-5-2-1-3-6-15)9-12-21(13-10-18)11-8-16-7-4-14-23-16/h1-7,14,20H,8-13H2,(H2,19,22). The van der Waals surface area contributed by atoms with E-state index < -0.39 is 5.54 Å². The first-order valence-corrected chi connectivity index (χ1v) is 8.94. The Morgan fingerprint density at radius 1 is 1.17 bits per heavy atom. The quantitative estimate of drug-likeness (QED) is 0.857. The summed E-state index contributed by atoms with van der Waals surface area (Å²) in [5, 5.41) is 5.50. The predicted octanol–water partition coefficient (Wildman–Crippen LogP) is 2.72. The SMILES string of the molecule is NC(=O)C1(Nc2ccccc2)CCN(CCc2cccs2)CC1. The number of anilines is 1. The lowest BCUT2D eigenvalue weighted by atomic mass is 9.86. The van der Waals surface area contributed by atoms with Crippen LogP contribution in [0.5, 0.6) is 0 Å². The molecular weight excluding hydrogens is 306 g/mol. The molecule has 0 aliphatic carbocycles. The number of hydrogen-bond donors (Lipinski definition) is 2. The number of carbonyl (C=O) groups is 1. The van der Waals surface area contributed by atoms with Crippen molar-refractivity contribution in [2.24, 2.45) is 5.73 Å². The summed E-state index contributed by atoms with van der Waals surface area (Å²) in [6.45, 7) is 2.84. The maximum atomic E-state index is 12.1. The van der Waals surface area contributed by atoms with Gasteiger partial charge in [-0.3, -0.25) is 4.79 Å². The molecule has 1 amide bonds. The van der Waals surface area contributed by atoms with Crippen molar-refractivity contribution in [3.63, 3.8) is 0 Å². The van der Waals surface area contributed by atoms with Crippen LogP contribution in [0.2, 0.25) is 0 Å². The summed E-state index contributed by atoms with van der Waals surface area (Å²) >= 11 is 1.80. The van der Waals surface area contributed by atoms with E-state index in [9.17, 15) is 4.79 Å². The van der Waals surface area contributed by atoms with Crippen molar-refractivity contribution in [3.8, 4) is 0 Å². The molecule has 122 valence electrons. The van der Waals surface area contributed by atoms with E-state index in [0.717, 1.165) is 44.6 Å². The maximum Gasteiger partial charge on any atom is 0.243 e. The number of primary amides is 1. The lowest BCUT2D eigenvalue weighted by Gasteiger charge is -2.40. The molecule has 0 atom stereocenters. The van der Waals surface area contributed by atoms with Crippen LogP contribution in [0.15, 0.2) is 47.8 Å². The summed E-state index contributed by atoms with van der Waals surface area (Å²) < 4.78 is 0. The van der Waals surface area contributed by atoms with Gasteiger partial charge in [0.15, 0.2) is 0 Å². The molecule has 0 saturated carbocycles. The Balaban J connectivity index is 1.58. The van der Waals surface area contributed by atoms with E-state index in [0.29, 0.717) is 0 Å². The zero-order chi connectivity index (χ0) is 16.1. The van der Waals surface area contributed by atoms with Gasteiger partial charge in [0.1, 0.15) is 5.54 Å². The first kappa shape index (κ1) is 16.0. The van der Waals surface area contributed by atoms with Crippen molar-refractivity contribution in [3.05, 3.63) is 52.7 Å². The van der Waals surface area contributed by atoms with Gasteiger partial charge >= 0.3 is 0 Å². The molecule has 3 N–H and O–H groups in total. The van der Waals surface area contributed by atoms with Crippen molar-refractivity contribution in [2.75, 3.05) is 25.0 Å². The molecule has 1 aromatic carbocycles. The van der Waals surface area contributed by atoms with Crippen LogP contribution in [0.1, 0.15) is 17.7 Å². The van der Waals surface area contributed by atoms with Gasteiger partial charge in [0.25, 0.3) is 0 Å². The summed E-state index contributed by atoms with van der Waals surface area (Å²) in [7, 11) is 0. The van der Waals surface area contributed by atoms with Gasteiger partial charge in [0.05, 0.1) is 0 Å². The molecule has 5 heteroatoms. The zero-order valence-corrected chi connectivity index (χ0v) is 14.0. The van der Waals surface area contributed by atoms with Crippen LogP contribution in [0.25, 0.3) is 0 Å². The Kier molecular flexibility index (Phi) is 4.98. The summed E-state index contributed by atoms with van der Waals surface area (Å²) in [5.41, 5.74) is 6.06. The van der Waals surface area contributed by atoms with Crippen LogP contribution in [0.3, 0.4) is 0 Å². The minimum absolute atomic E-state index is 0.251. The third-order valence-corrected chi connectivity index (χ3v) is 5.53. The van der Waals surface area contributed by atoms with Crippen molar-refractivity contribution < 1.29 is 4.79 Å². The topological polar surface area (TPSA) is 58.4 Å². The first-order chi connectivity index (χ1) is 11.2. The average molecular weight is 329 g/mol. The van der Waals surface area contributed by atoms with Gasteiger partial charge in [-0.15, -0.1) is 11.3 Å². The van der Waals surface area contributed by atoms with Crippen LogP contribution < -0.4 is 11.1 Å². The number of thiophene rings is 1. The molecule has 0 bridgehead atoms. The zero-order valence-electron chi connectivity index (χ0n) is 13.2. The Bertz CT molecular complexity index is 619. The third kappa shape index (κ3) is 3.92. The Hall–Kier alpha value is -1.85. The van der Waals surface area contributed by atoms with E-state index in [2.05, 4.69) is 27.7 Å². The van der Waals surface area contributed by atoms with Gasteiger partial charge in [-0.25, -0.2) is 0 Å². The lowest BCUT2D eigenvalue weighted by molar-refractivity contribution is -0.123. The molecule has 2 heterocycles. The van der Waals surface area contributed by atoms with Crippen LogP contribution >= 0.6 is 11.3 Å². The van der Waals surface area contributed by atoms with E-state index in [4.69, 9.17) is 5.73 Å². The minimum atomic E-state index is -0.624. The number of para-hydroxylation sites is 1. The second kappa shape index (κ2) is 7.15. The van der Waals surface area contributed by atoms with Crippen molar-refractivity contribution in [1.82, 2.24) is 4.90 Å². The van der Waals surface area contributed by atoms with Crippen LogP contribution in [-0.2, 0) is 11.2 Å². The highest BCUT2D eigenvalue weighted by molar-refractivity contribution is 7.09. The molecule has 0 radical (unpaired) electrons. The van der Waals surface area contributed by atoms with E-state index in [1.807, 2.05) is 30.3 Å². The Labute approximate surface area is 141 Å². The van der Waals surface area contributed by atoms with E-state index >= 15 is 0 Å². The molecule has 1 aliphatic heterocycles. The normalized spacial score (nSPS) is 17.7. The van der Waals surface area contributed by atoms with E-state index in [1.54, 1.807) is 11.3 Å². The molecule has 0 unspecified atom stereocenters. The fraction of sp³-hybridized carbons (Fsp3) is 0.389. The largest absolute Gasteiger partial charge is 0.371 e. The van der Waals surface area contributed by atoms with Gasteiger partial charge in [0.2, 0.25) is 5.91 Å². The number of nitrogens with zero attached hydrogens (tertiary/aromatic N) is 1. The Morgan fingerprint density at radius 3 is 2.52 bits per heavy atom. The van der Waals surface area contributed by atoms with Crippen molar-refractivity contribution in [1.29, 1.82) is 0 Å². The number of likely N-dealkylation sites (tertiary alicyclic amines) is 1. The van der Waals surface area contributed by atoms with Gasteiger partial charge < -0.3 is 16.0 Å². The molecule has 4 nitrogen and oxygen atoms in total. The van der Waals surface area contributed by atoms with E-state index in [1.165, 1.54) is 4.88 Å². The number of piperidine rings is 1. The highest BCUT2D eigenvalue weighted by Crippen LogP contribution is 2.27. The average Bonchev–Trinajstić information content (AvgIpc) is 3.08. The number of hydrogen-bond acceptors (Lipinski definition) is 4. The molecule has 1 aromatic heterocycles. The molecule has 0 spiro atoms. The predicted molar refractivity (Wildman–Crippen MR) is 95.7 cm³/mol. The highest BCUT2D eigenvalue weighted by Gasteiger charge is 2.39. The number of amides is 1. The number of nitrogens with two attached hydrogens (primary N) is 1. The maximum absolute atomic E-state index is 12.1. The van der Waals surface area contributed by atoms with Gasteiger partial charge in [-0.05, 0) is 42.8 Å². The highest BCUT2D eigenvalue weighted by atomic mass is 32.1. The molecule has 1 aliphatic rings. The molecule has 1 saturated heterocycles. The van der Waals surface area contributed by atoms with E-state index in [-0.39, 0.29) is 5.91 Å². The minimum Gasteiger partial charge on any atom is -0.371 e. The monoisotopic (exact) mass is 329 g/mol. The van der Waals surface area contributed by atoms with Gasteiger partial charge in [0, 0.05) is 30.2 Å². The lowest BCUT2D eigenvalue weighted by Crippen LogP contribution is -2.57. The van der Waals surface area contributed by atoms with Crippen LogP contribution in [-0.4, -0.2) is 36.0 Å². The second-order valence-electron chi connectivity index (χ2n) is 6.11. The van der Waals surface area contributed by atoms with Crippen LogP contribution in [0.4, 0.5) is 5.69 Å². The summed E-state index contributed by atoms with van der Waals surface area (Å²) in [6.07, 6.45) is 2.58. The number of rotatable bonds is 6. The van der Waals surface area contributed by atoms with Crippen molar-refractivity contribution >= 4 is 22.9 Å². The summed E-state index contributed by atoms with van der Waals surface area (Å²) in [5.74, 6) is -0.251. The molecular formula is C18H23N3OS. The molecule has 3 rings (SSSR count). The fourth-order valence-electron chi connectivity index (χ4n) is 3.11. The first-order valence-electron chi connectivity index (χ1n) is 8.06. The van der Waals surface area contributed by atoms with Gasteiger partial charge in [-0.1, -0.05) is 24.3 Å². The fourth-order valence-corrected chi connectivity index (χ4v) is 3.81. The van der Waals surface area contributed by atoms with Crippen molar-refractivity contribution in [2.45, 2.75) is 24.8 Å². The van der Waals surface area contributed by atoms with Gasteiger partial charge in [-0.2, -0.15) is 0 Å².